The van der Waals surface area contributed by atoms with Gasteiger partial charge in [-0.25, -0.2) is 0 Å². The van der Waals surface area contributed by atoms with Gasteiger partial charge in [-0.2, -0.15) is 0 Å². The van der Waals surface area contributed by atoms with Crippen molar-refractivity contribution < 1.29 is 14.2 Å². The van der Waals surface area contributed by atoms with Gasteiger partial charge in [0.2, 0.25) is 0 Å². The number of hydrogen-bond donors (Lipinski definition) is 1. The summed E-state index contributed by atoms with van der Waals surface area (Å²) in [6.07, 6.45) is 3.13. The Balaban J connectivity index is 1.18. The van der Waals surface area contributed by atoms with E-state index in [-0.39, 0.29) is 0 Å². The molecule has 2 aliphatic rings. The Kier molecular flexibility index (Phi) is 6.53. The van der Waals surface area contributed by atoms with Crippen molar-refractivity contribution in [1.29, 1.82) is 0 Å². The van der Waals surface area contributed by atoms with E-state index in [1.807, 2.05) is 36.4 Å². The topological polar surface area (TPSA) is 68.7 Å². The summed E-state index contributed by atoms with van der Waals surface area (Å²) in [5.41, 5.74) is 4.56. The van der Waals surface area contributed by atoms with Crippen molar-refractivity contribution in [2.45, 2.75) is 31.8 Å². The van der Waals surface area contributed by atoms with Crippen LogP contribution >= 0.6 is 0 Å². The third-order valence-electron chi connectivity index (χ3n) is 7.44. The summed E-state index contributed by atoms with van der Waals surface area (Å²) < 4.78 is 16.5. The molecule has 3 heterocycles. The predicted molar refractivity (Wildman–Crippen MR) is 146 cm³/mol. The number of fused-ring (bicyclic) bond motifs is 2. The summed E-state index contributed by atoms with van der Waals surface area (Å²) in [6.45, 7) is 3.88. The number of nitrogens with one attached hydrogen (secondary N) is 1. The second-order valence-corrected chi connectivity index (χ2v) is 9.77. The summed E-state index contributed by atoms with van der Waals surface area (Å²) >= 11 is 0. The maximum atomic E-state index is 5.66. The summed E-state index contributed by atoms with van der Waals surface area (Å²) in [5, 5.41) is 15.0. The molecular formula is C30H32N4O3. The van der Waals surface area contributed by atoms with Crippen LogP contribution in [0.2, 0.25) is 0 Å². The molecule has 0 unspecified atom stereocenters. The number of aromatic nitrogens is 2. The predicted octanol–water partition coefficient (Wildman–Crippen LogP) is 5.33. The molecule has 1 fully saturated rings. The van der Waals surface area contributed by atoms with Crippen LogP contribution in [0.4, 0.5) is 5.82 Å². The number of likely N-dealkylation sites (tertiary alicyclic amines) is 1. The van der Waals surface area contributed by atoms with Crippen LogP contribution in [0.1, 0.15) is 24.0 Å². The molecule has 2 aliphatic heterocycles. The Morgan fingerprint density at radius 3 is 2.46 bits per heavy atom. The molecule has 0 amide bonds. The van der Waals surface area contributed by atoms with Crippen LogP contribution in [0.5, 0.6) is 17.2 Å². The van der Waals surface area contributed by atoms with Crippen molar-refractivity contribution >= 4 is 16.6 Å². The van der Waals surface area contributed by atoms with Crippen LogP contribution in [0.15, 0.2) is 60.7 Å². The van der Waals surface area contributed by atoms with Crippen LogP contribution in [-0.2, 0) is 13.0 Å². The molecule has 1 N–H and O–H groups in total. The molecule has 1 aromatic heterocycles. The third kappa shape index (κ3) is 4.91. The number of rotatable bonds is 7. The first-order valence-corrected chi connectivity index (χ1v) is 12.9. The van der Waals surface area contributed by atoms with Crippen molar-refractivity contribution in [3.05, 3.63) is 71.8 Å². The molecule has 37 heavy (non-hydrogen) atoms. The van der Waals surface area contributed by atoms with Crippen LogP contribution < -0.4 is 19.5 Å². The molecule has 0 radical (unpaired) electrons. The van der Waals surface area contributed by atoms with Crippen molar-refractivity contribution in [2.75, 3.05) is 39.2 Å². The minimum atomic E-state index is 0.347. The molecule has 4 aromatic rings. The van der Waals surface area contributed by atoms with E-state index in [4.69, 9.17) is 14.2 Å². The zero-order valence-corrected chi connectivity index (χ0v) is 21.4. The fourth-order valence-corrected chi connectivity index (χ4v) is 5.35. The number of hydrogen-bond acceptors (Lipinski definition) is 7. The highest BCUT2D eigenvalue weighted by atomic mass is 16.5. The first kappa shape index (κ1) is 23.6. The van der Waals surface area contributed by atoms with Gasteiger partial charge in [-0.15, -0.1) is 10.2 Å². The van der Waals surface area contributed by atoms with E-state index in [1.54, 1.807) is 14.2 Å². The monoisotopic (exact) mass is 496 g/mol. The van der Waals surface area contributed by atoms with E-state index in [2.05, 4.69) is 44.7 Å². The number of anilines is 1. The Bertz CT molecular complexity index is 1400. The highest BCUT2D eigenvalue weighted by Crippen LogP contribution is 2.34. The van der Waals surface area contributed by atoms with Gasteiger partial charge >= 0.3 is 0 Å². The maximum Gasteiger partial charge on any atom is 0.156 e. The Morgan fingerprint density at radius 1 is 0.892 bits per heavy atom. The standard InChI is InChI=1S/C30H32N4O3/c1-35-24-6-4-21(5-7-24)29-26-9-8-25(36-2)18-27(26)30(33-32-29)31-23-11-14-34(15-12-23)19-20-3-10-28-22(17-20)13-16-37-28/h3-10,17-18,23H,11-16,19H2,1-2H3,(H,31,33). The molecule has 7 nitrogen and oxygen atoms in total. The van der Waals surface area contributed by atoms with E-state index in [0.717, 1.165) is 90.6 Å². The normalized spacial score (nSPS) is 15.8. The number of ether oxygens (including phenoxy) is 3. The van der Waals surface area contributed by atoms with Gasteiger partial charge in [0.15, 0.2) is 5.82 Å². The van der Waals surface area contributed by atoms with Gasteiger partial charge in [-0.1, -0.05) is 12.1 Å². The molecule has 3 aromatic carbocycles. The highest BCUT2D eigenvalue weighted by Gasteiger charge is 2.22. The Hall–Kier alpha value is -3.84. The minimum Gasteiger partial charge on any atom is -0.497 e. The molecule has 7 heteroatoms. The lowest BCUT2D eigenvalue weighted by Gasteiger charge is -2.32. The molecule has 0 atom stereocenters. The first-order chi connectivity index (χ1) is 18.2. The van der Waals surface area contributed by atoms with Gasteiger partial charge in [-0.05, 0) is 72.5 Å². The van der Waals surface area contributed by atoms with Crippen LogP contribution in [0, 0.1) is 0 Å². The first-order valence-electron chi connectivity index (χ1n) is 12.9. The van der Waals surface area contributed by atoms with E-state index in [1.165, 1.54) is 11.1 Å². The smallest absolute Gasteiger partial charge is 0.156 e. The molecule has 0 aliphatic carbocycles. The van der Waals surface area contributed by atoms with E-state index in [0.29, 0.717) is 6.04 Å². The third-order valence-corrected chi connectivity index (χ3v) is 7.44. The quantitative estimate of drug-likeness (QED) is 0.371. The number of methoxy groups -OCH3 is 2. The van der Waals surface area contributed by atoms with Crippen LogP contribution in [0.3, 0.4) is 0 Å². The average Bonchev–Trinajstić information content (AvgIpc) is 3.42. The van der Waals surface area contributed by atoms with E-state index < -0.39 is 0 Å². The summed E-state index contributed by atoms with van der Waals surface area (Å²) in [4.78, 5) is 2.54. The molecular weight excluding hydrogens is 464 g/mol. The Labute approximate surface area is 217 Å². The molecule has 1 saturated heterocycles. The Morgan fingerprint density at radius 2 is 1.68 bits per heavy atom. The molecule has 6 rings (SSSR count). The van der Waals surface area contributed by atoms with Gasteiger partial charge in [0.05, 0.1) is 20.8 Å². The van der Waals surface area contributed by atoms with Gasteiger partial charge < -0.3 is 19.5 Å². The van der Waals surface area contributed by atoms with E-state index in [9.17, 15) is 0 Å². The molecule has 190 valence electrons. The van der Waals surface area contributed by atoms with Gasteiger partial charge in [0, 0.05) is 48.4 Å². The molecule has 0 saturated carbocycles. The fourth-order valence-electron chi connectivity index (χ4n) is 5.35. The lowest BCUT2D eigenvalue weighted by atomic mass is 10.0. The number of piperidine rings is 1. The zero-order valence-electron chi connectivity index (χ0n) is 21.4. The second-order valence-electron chi connectivity index (χ2n) is 9.77. The average molecular weight is 497 g/mol. The maximum absolute atomic E-state index is 5.66. The van der Waals surface area contributed by atoms with Crippen molar-refractivity contribution in [1.82, 2.24) is 15.1 Å². The van der Waals surface area contributed by atoms with Gasteiger partial charge in [-0.3, -0.25) is 4.90 Å². The SMILES string of the molecule is COc1ccc(-c2nnc(NC3CCN(Cc4ccc5c(c4)CCO5)CC3)c3cc(OC)ccc23)cc1. The van der Waals surface area contributed by atoms with Gasteiger partial charge in [0.25, 0.3) is 0 Å². The highest BCUT2D eigenvalue weighted by molar-refractivity contribution is 6.00. The van der Waals surface area contributed by atoms with Crippen molar-refractivity contribution in [3.8, 4) is 28.5 Å². The van der Waals surface area contributed by atoms with Crippen molar-refractivity contribution in [2.24, 2.45) is 0 Å². The largest absolute Gasteiger partial charge is 0.497 e. The summed E-state index contributed by atoms with van der Waals surface area (Å²) in [5.74, 6) is 3.48. The lowest BCUT2D eigenvalue weighted by Crippen LogP contribution is -2.38. The molecule has 0 bridgehead atoms. The second kappa shape index (κ2) is 10.3. The fraction of sp³-hybridized carbons (Fsp3) is 0.333. The zero-order chi connectivity index (χ0) is 25.2. The van der Waals surface area contributed by atoms with Crippen molar-refractivity contribution in [3.63, 3.8) is 0 Å². The molecule has 0 spiro atoms. The van der Waals surface area contributed by atoms with Crippen LogP contribution in [-0.4, -0.2) is 55.1 Å². The van der Waals surface area contributed by atoms with Crippen LogP contribution in [0.25, 0.3) is 22.0 Å². The van der Waals surface area contributed by atoms with Gasteiger partial charge in [0.1, 0.15) is 22.9 Å². The summed E-state index contributed by atoms with van der Waals surface area (Å²) in [7, 11) is 3.36. The lowest BCUT2D eigenvalue weighted by molar-refractivity contribution is 0.211. The number of benzene rings is 3. The minimum absolute atomic E-state index is 0.347. The number of nitrogens with zero attached hydrogens (tertiary/aromatic N) is 3. The summed E-state index contributed by atoms with van der Waals surface area (Å²) in [6, 6.07) is 21.0. The van der Waals surface area contributed by atoms with E-state index >= 15 is 0 Å².